The molecule has 0 bridgehead atoms. The van der Waals surface area contributed by atoms with E-state index >= 15 is 0 Å². The molecular weight excluding hydrogens is 359 g/mol. The molecule has 1 aliphatic rings. The topological polar surface area (TPSA) is 70.6 Å². The first-order valence-electron chi connectivity index (χ1n) is 8.16. The highest BCUT2D eigenvalue weighted by Crippen LogP contribution is 2.31. The van der Waals surface area contributed by atoms with Crippen LogP contribution >= 0.6 is 0 Å². The summed E-state index contributed by atoms with van der Waals surface area (Å²) in [5, 5.41) is 4.79. The monoisotopic (exact) mass is 375 g/mol. The van der Waals surface area contributed by atoms with Gasteiger partial charge in [0, 0.05) is 31.3 Å². The van der Waals surface area contributed by atoms with Crippen molar-refractivity contribution < 1.29 is 22.8 Å². The molecule has 1 aliphatic heterocycles. The molecule has 1 heterocycles. The van der Waals surface area contributed by atoms with Crippen LogP contribution in [0, 0.1) is 23.4 Å². The van der Waals surface area contributed by atoms with Crippen LogP contribution in [0.15, 0.2) is 41.4 Å². The summed E-state index contributed by atoms with van der Waals surface area (Å²) >= 11 is 0. The number of nitrogens with zero attached hydrogens (tertiary/aromatic N) is 1. The maximum atomic E-state index is 14.2. The molecule has 0 saturated carbocycles. The third-order valence-corrected chi connectivity index (χ3v) is 4.39. The third-order valence-electron chi connectivity index (χ3n) is 4.39. The van der Waals surface area contributed by atoms with E-state index in [0.29, 0.717) is 5.56 Å². The average molecular weight is 375 g/mol. The summed E-state index contributed by atoms with van der Waals surface area (Å²) in [7, 11) is 1.51. The Morgan fingerprint density at radius 2 is 2.00 bits per heavy atom. The Morgan fingerprint density at radius 3 is 2.70 bits per heavy atom. The second-order valence-electron chi connectivity index (χ2n) is 6.09. The number of carbonyl (C=O) groups excluding carboxylic acids is 2. The van der Waals surface area contributed by atoms with Gasteiger partial charge in [0.15, 0.2) is 11.6 Å². The first-order chi connectivity index (χ1) is 12.9. The lowest BCUT2D eigenvalue weighted by molar-refractivity contribution is -0.130. The number of rotatable bonds is 4. The lowest BCUT2D eigenvalue weighted by atomic mass is 9.87. The third kappa shape index (κ3) is 3.69. The minimum absolute atomic E-state index is 0.128. The molecule has 0 radical (unpaired) electrons. The molecule has 2 atom stereocenters. The summed E-state index contributed by atoms with van der Waals surface area (Å²) in [5.41, 5.74) is 0.361. The fourth-order valence-electron chi connectivity index (χ4n) is 3.06. The van der Waals surface area contributed by atoms with Crippen LogP contribution in [0.2, 0.25) is 0 Å². The van der Waals surface area contributed by atoms with E-state index in [1.807, 2.05) is 0 Å². The predicted molar refractivity (Wildman–Crippen MR) is 94.1 cm³/mol. The molecule has 0 unspecified atom stereocenters. The van der Waals surface area contributed by atoms with Crippen LogP contribution < -0.4 is 10.6 Å². The lowest BCUT2D eigenvalue weighted by Gasteiger charge is -2.17. The number of amides is 2. The van der Waals surface area contributed by atoms with Gasteiger partial charge < -0.3 is 10.6 Å². The quantitative estimate of drug-likeness (QED) is 0.637. The van der Waals surface area contributed by atoms with Crippen molar-refractivity contribution >= 4 is 23.7 Å². The van der Waals surface area contributed by atoms with Crippen molar-refractivity contribution in [1.29, 1.82) is 0 Å². The largest absolute Gasteiger partial charge is 0.355 e. The molecule has 0 aromatic heterocycles. The summed E-state index contributed by atoms with van der Waals surface area (Å²) < 4.78 is 41.3. The Kier molecular flexibility index (Phi) is 5.25. The van der Waals surface area contributed by atoms with E-state index in [4.69, 9.17) is 0 Å². The Labute approximate surface area is 153 Å². The van der Waals surface area contributed by atoms with Crippen LogP contribution in [0.3, 0.4) is 0 Å². The SMILES string of the molecule is CN=Cc1ccc([C@H]2CNC(=O)[C@@H]2C(=O)Nc2cccc(F)c2F)cc1F. The second kappa shape index (κ2) is 7.61. The van der Waals surface area contributed by atoms with Gasteiger partial charge >= 0.3 is 0 Å². The van der Waals surface area contributed by atoms with E-state index in [9.17, 15) is 22.8 Å². The number of aliphatic imine (C=N–C) groups is 1. The van der Waals surface area contributed by atoms with Gasteiger partial charge in [0.05, 0.1) is 5.69 Å². The van der Waals surface area contributed by atoms with Crippen LogP contribution in [0.5, 0.6) is 0 Å². The summed E-state index contributed by atoms with van der Waals surface area (Å²) in [6, 6.07) is 7.70. The molecule has 2 aromatic rings. The first-order valence-corrected chi connectivity index (χ1v) is 8.16. The Balaban J connectivity index is 1.87. The maximum Gasteiger partial charge on any atom is 0.237 e. The second-order valence-corrected chi connectivity index (χ2v) is 6.09. The van der Waals surface area contributed by atoms with Gasteiger partial charge in [-0.3, -0.25) is 14.6 Å². The van der Waals surface area contributed by atoms with Gasteiger partial charge in [-0.25, -0.2) is 13.2 Å². The highest BCUT2D eigenvalue weighted by Gasteiger charge is 2.41. The summed E-state index contributed by atoms with van der Waals surface area (Å²) in [4.78, 5) is 28.4. The number of nitrogens with one attached hydrogen (secondary N) is 2. The van der Waals surface area contributed by atoms with Crippen molar-refractivity contribution in [2.45, 2.75) is 5.92 Å². The van der Waals surface area contributed by atoms with Crippen LogP contribution in [0.4, 0.5) is 18.9 Å². The molecule has 0 aliphatic carbocycles. The van der Waals surface area contributed by atoms with E-state index in [-0.39, 0.29) is 17.8 Å². The highest BCUT2D eigenvalue weighted by atomic mass is 19.2. The fraction of sp³-hybridized carbons (Fsp3) is 0.211. The van der Waals surface area contributed by atoms with Gasteiger partial charge in [-0.05, 0) is 23.8 Å². The van der Waals surface area contributed by atoms with Gasteiger partial charge in [0.25, 0.3) is 0 Å². The van der Waals surface area contributed by atoms with E-state index in [1.165, 1.54) is 37.5 Å². The molecule has 5 nitrogen and oxygen atoms in total. The molecule has 2 N–H and O–H groups in total. The number of carbonyl (C=O) groups is 2. The zero-order valence-corrected chi connectivity index (χ0v) is 14.3. The van der Waals surface area contributed by atoms with Crippen molar-refractivity contribution in [3.63, 3.8) is 0 Å². The first kappa shape index (κ1) is 18.6. The standard InChI is InChI=1S/C19H16F3N3O2/c1-23-8-11-6-5-10(7-14(11)21)12-9-24-18(26)16(12)19(27)25-15-4-2-3-13(20)17(15)22/h2-8,12,16H,9H2,1H3,(H,24,26)(H,25,27)/t12-,16-/m1/s1. The van der Waals surface area contributed by atoms with Crippen molar-refractivity contribution in [3.8, 4) is 0 Å². The number of hydrogen-bond donors (Lipinski definition) is 2. The van der Waals surface area contributed by atoms with E-state index in [0.717, 1.165) is 6.07 Å². The molecule has 1 saturated heterocycles. The van der Waals surface area contributed by atoms with Crippen molar-refractivity contribution in [2.75, 3.05) is 18.9 Å². The Bertz CT molecular complexity index is 930. The highest BCUT2D eigenvalue weighted by molar-refractivity contribution is 6.08. The van der Waals surface area contributed by atoms with Gasteiger partial charge in [-0.15, -0.1) is 0 Å². The van der Waals surface area contributed by atoms with Gasteiger partial charge in [-0.1, -0.05) is 18.2 Å². The predicted octanol–water partition coefficient (Wildman–Crippen LogP) is 2.62. The molecule has 2 amide bonds. The van der Waals surface area contributed by atoms with Gasteiger partial charge in [-0.2, -0.15) is 0 Å². The van der Waals surface area contributed by atoms with E-state index < -0.39 is 41.1 Å². The number of hydrogen-bond acceptors (Lipinski definition) is 3. The minimum Gasteiger partial charge on any atom is -0.355 e. The van der Waals surface area contributed by atoms with Crippen molar-refractivity contribution in [2.24, 2.45) is 10.9 Å². The maximum absolute atomic E-state index is 14.2. The lowest BCUT2D eigenvalue weighted by Crippen LogP contribution is -2.32. The molecule has 1 fully saturated rings. The average Bonchev–Trinajstić information content (AvgIpc) is 3.02. The fourth-order valence-corrected chi connectivity index (χ4v) is 3.06. The molecule has 140 valence electrons. The number of benzene rings is 2. The Morgan fingerprint density at radius 1 is 1.22 bits per heavy atom. The smallest absolute Gasteiger partial charge is 0.237 e. The molecule has 8 heteroatoms. The van der Waals surface area contributed by atoms with Gasteiger partial charge in [0.2, 0.25) is 11.8 Å². The van der Waals surface area contributed by atoms with Gasteiger partial charge in [0.1, 0.15) is 11.7 Å². The molecule has 0 spiro atoms. The summed E-state index contributed by atoms with van der Waals surface area (Å²) in [5.74, 6) is -6.06. The van der Waals surface area contributed by atoms with E-state index in [2.05, 4.69) is 15.6 Å². The zero-order valence-electron chi connectivity index (χ0n) is 14.3. The minimum atomic E-state index is -1.21. The van der Waals surface area contributed by atoms with Crippen molar-refractivity contribution in [1.82, 2.24) is 5.32 Å². The van der Waals surface area contributed by atoms with Crippen molar-refractivity contribution in [3.05, 3.63) is 65.0 Å². The normalized spacial score (nSPS) is 19.3. The van der Waals surface area contributed by atoms with E-state index in [1.54, 1.807) is 6.07 Å². The molecule has 3 rings (SSSR count). The zero-order chi connectivity index (χ0) is 19.6. The molecular formula is C19H16F3N3O2. The molecule has 2 aromatic carbocycles. The molecule has 27 heavy (non-hydrogen) atoms. The summed E-state index contributed by atoms with van der Waals surface area (Å²) in [6.07, 6.45) is 1.36. The summed E-state index contributed by atoms with van der Waals surface area (Å²) in [6.45, 7) is 0.128. The number of halogens is 3. The Hall–Kier alpha value is -3.16. The van der Waals surface area contributed by atoms with Crippen LogP contribution in [-0.4, -0.2) is 31.6 Å². The number of anilines is 1. The van der Waals surface area contributed by atoms with Crippen LogP contribution in [0.25, 0.3) is 0 Å². The van der Waals surface area contributed by atoms with Crippen LogP contribution in [0.1, 0.15) is 17.0 Å². The van der Waals surface area contributed by atoms with Crippen LogP contribution in [-0.2, 0) is 9.59 Å².